The zero-order valence-electron chi connectivity index (χ0n) is 23.0. The number of rotatable bonds is 5. The summed E-state index contributed by atoms with van der Waals surface area (Å²) in [5, 5.41) is 0. The van der Waals surface area contributed by atoms with E-state index in [9.17, 15) is 14.4 Å². The molecule has 8 nitrogen and oxygen atoms in total. The van der Waals surface area contributed by atoms with Crippen LogP contribution in [0.25, 0.3) is 0 Å². The van der Waals surface area contributed by atoms with Crippen LogP contribution in [-0.4, -0.2) is 60.6 Å². The fourth-order valence-electron chi connectivity index (χ4n) is 7.56. The average Bonchev–Trinajstić information content (AvgIpc) is 3.13. The highest BCUT2D eigenvalue weighted by molar-refractivity contribution is 5.73. The normalized spacial score (nSPS) is 43.9. The van der Waals surface area contributed by atoms with Gasteiger partial charge in [-0.05, 0) is 39.0 Å². The molecule has 2 aliphatic carbocycles. The molecule has 202 valence electrons. The minimum absolute atomic E-state index is 0.0923. The van der Waals surface area contributed by atoms with Gasteiger partial charge in [0.25, 0.3) is 0 Å². The Morgan fingerprint density at radius 1 is 1.08 bits per heavy atom. The zero-order chi connectivity index (χ0) is 26.7. The topological polar surface area (TPSA) is 97.4 Å². The van der Waals surface area contributed by atoms with Crippen molar-refractivity contribution in [1.82, 2.24) is 0 Å². The molecule has 0 aromatic carbocycles. The third-order valence-corrected chi connectivity index (χ3v) is 9.47. The van der Waals surface area contributed by atoms with Crippen LogP contribution in [0.15, 0.2) is 11.6 Å². The molecule has 1 spiro atoms. The predicted molar refractivity (Wildman–Crippen MR) is 131 cm³/mol. The quantitative estimate of drug-likeness (QED) is 0.312. The second-order valence-corrected chi connectivity index (χ2v) is 12.4. The van der Waals surface area contributed by atoms with Gasteiger partial charge in [-0.3, -0.25) is 14.4 Å². The van der Waals surface area contributed by atoms with E-state index in [2.05, 4.69) is 40.7 Å². The van der Waals surface area contributed by atoms with E-state index in [4.69, 9.17) is 23.7 Å². The maximum atomic E-state index is 12.5. The summed E-state index contributed by atoms with van der Waals surface area (Å²) >= 11 is 0. The van der Waals surface area contributed by atoms with E-state index in [1.165, 1.54) is 13.8 Å². The summed E-state index contributed by atoms with van der Waals surface area (Å²) in [6, 6.07) is 0. The van der Waals surface area contributed by atoms with Crippen LogP contribution in [-0.2, 0) is 38.1 Å². The molecule has 0 aromatic heterocycles. The number of hydrogen-bond donors (Lipinski definition) is 0. The number of carbonyl (C=O) groups excluding carboxylic acids is 3. The SMILES string of the molecule is CC(=O)O[C@H]1[C@H](OC(C)=O)[C@]2(C)O[C@]3(CC[C@]2(C)[C@H]2[C@H](OCC(C)C)CC=C(C)[C@]12C)COC(=O)C3. The molecule has 2 saturated heterocycles. The van der Waals surface area contributed by atoms with Crippen molar-refractivity contribution in [3.63, 3.8) is 0 Å². The third-order valence-electron chi connectivity index (χ3n) is 9.47. The molecule has 3 fully saturated rings. The summed E-state index contributed by atoms with van der Waals surface area (Å²) in [6.45, 7) is 16.1. The highest BCUT2D eigenvalue weighted by Gasteiger charge is 2.75. The summed E-state index contributed by atoms with van der Waals surface area (Å²) < 4.78 is 30.9. The van der Waals surface area contributed by atoms with Crippen LogP contribution in [0.5, 0.6) is 0 Å². The molecular formula is C28H42O8. The Hall–Kier alpha value is -1.93. The van der Waals surface area contributed by atoms with Crippen molar-refractivity contribution in [2.75, 3.05) is 13.2 Å². The lowest BCUT2D eigenvalue weighted by Crippen LogP contribution is -2.78. The van der Waals surface area contributed by atoms with Crippen molar-refractivity contribution in [1.29, 1.82) is 0 Å². The molecule has 0 unspecified atom stereocenters. The Balaban J connectivity index is 1.91. The van der Waals surface area contributed by atoms with Gasteiger partial charge in [-0.1, -0.05) is 39.3 Å². The van der Waals surface area contributed by atoms with Gasteiger partial charge >= 0.3 is 17.9 Å². The summed E-state index contributed by atoms with van der Waals surface area (Å²) in [7, 11) is 0. The van der Waals surface area contributed by atoms with E-state index in [0.717, 1.165) is 18.4 Å². The average molecular weight is 507 g/mol. The predicted octanol–water partition coefficient (Wildman–Crippen LogP) is 4.14. The number of hydrogen-bond acceptors (Lipinski definition) is 8. The van der Waals surface area contributed by atoms with Crippen LogP contribution in [0, 0.1) is 22.7 Å². The lowest BCUT2D eigenvalue weighted by molar-refractivity contribution is -0.351. The largest absolute Gasteiger partial charge is 0.463 e. The van der Waals surface area contributed by atoms with E-state index in [0.29, 0.717) is 18.9 Å². The van der Waals surface area contributed by atoms with Crippen LogP contribution < -0.4 is 0 Å². The van der Waals surface area contributed by atoms with Gasteiger partial charge in [0.15, 0.2) is 12.2 Å². The molecule has 0 radical (unpaired) electrons. The molecule has 36 heavy (non-hydrogen) atoms. The van der Waals surface area contributed by atoms with Crippen molar-refractivity contribution >= 4 is 17.9 Å². The first-order valence-electron chi connectivity index (χ1n) is 13.2. The van der Waals surface area contributed by atoms with Gasteiger partial charge in [-0.2, -0.15) is 0 Å². The summed E-state index contributed by atoms with van der Waals surface area (Å²) in [6.07, 6.45) is 2.61. The molecule has 8 heteroatoms. The number of esters is 3. The van der Waals surface area contributed by atoms with Gasteiger partial charge in [0, 0.05) is 37.2 Å². The number of cyclic esters (lactones) is 1. The number of ether oxygens (including phenoxy) is 5. The lowest BCUT2D eigenvalue weighted by Gasteiger charge is -2.70. The second-order valence-electron chi connectivity index (χ2n) is 12.4. The molecule has 0 bridgehead atoms. The molecular weight excluding hydrogens is 464 g/mol. The van der Waals surface area contributed by atoms with Gasteiger partial charge in [-0.25, -0.2) is 0 Å². The number of carbonyl (C=O) groups is 3. The van der Waals surface area contributed by atoms with Gasteiger partial charge in [-0.15, -0.1) is 0 Å². The Kier molecular flexibility index (Phi) is 6.87. The van der Waals surface area contributed by atoms with E-state index in [-0.39, 0.29) is 31.0 Å². The van der Waals surface area contributed by atoms with Crippen LogP contribution in [0.4, 0.5) is 0 Å². The smallest absolute Gasteiger partial charge is 0.308 e. The molecule has 0 N–H and O–H groups in total. The maximum Gasteiger partial charge on any atom is 0.308 e. The summed E-state index contributed by atoms with van der Waals surface area (Å²) in [5.41, 5.74) is -1.95. The van der Waals surface area contributed by atoms with E-state index in [1.807, 2.05) is 6.92 Å². The highest BCUT2D eigenvalue weighted by atomic mass is 16.6. The highest BCUT2D eigenvalue weighted by Crippen LogP contribution is 2.68. The fourth-order valence-corrected chi connectivity index (χ4v) is 7.56. The first kappa shape index (κ1) is 27.1. The first-order valence-corrected chi connectivity index (χ1v) is 13.2. The summed E-state index contributed by atoms with van der Waals surface area (Å²) in [4.78, 5) is 37.1. The monoisotopic (exact) mass is 506 g/mol. The van der Waals surface area contributed by atoms with Gasteiger partial charge in [0.05, 0.1) is 12.5 Å². The Labute approximate surface area is 214 Å². The zero-order valence-corrected chi connectivity index (χ0v) is 23.0. The second kappa shape index (κ2) is 9.12. The first-order chi connectivity index (χ1) is 16.7. The molecule has 2 heterocycles. The van der Waals surface area contributed by atoms with Crippen LogP contribution in [0.2, 0.25) is 0 Å². The van der Waals surface area contributed by atoms with E-state index < -0.39 is 46.2 Å². The van der Waals surface area contributed by atoms with Gasteiger partial charge < -0.3 is 23.7 Å². The van der Waals surface area contributed by atoms with Crippen molar-refractivity contribution in [2.24, 2.45) is 22.7 Å². The van der Waals surface area contributed by atoms with E-state index in [1.54, 1.807) is 0 Å². The molecule has 0 aromatic rings. The van der Waals surface area contributed by atoms with Crippen molar-refractivity contribution < 1.29 is 38.1 Å². The molecule has 4 rings (SSSR count). The van der Waals surface area contributed by atoms with Crippen molar-refractivity contribution in [3.8, 4) is 0 Å². The summed E-state index contributed by atoms with van der Waals surface area (Å²) in [5.74, 6) is -0.957. The molecule has 4 aliphatic rings. The minimum Gasteiger partial charge on any atom is -0.463 e. The van der Waals surface area contributed by atoms with Crippen LogP contribution in [0.1, 0.15) is 81.1 Å². The standard InChI is InChI=1S/C28H42O8/c1-16(2)14-32-20-10-9-17(3)26(7)22(20)25(6)11-12-28(13-21(31)33-15-28)36-27(25,8)24(35-19(5)30)23(26)34-18(4)29/h9,16,20,22-24H,10-15H2,1-8H3/t20-,22-,23+,24+,25-,26+,27+,28+/m1/s1. The van der Waals surface area contributed by atoms with Crippen LogP contribution in [0.3, 0.4) is 0 Å². The van der Waals surface area contributed by atoms with Crippen molar-refractivity contribution in [3.05, 3.63) is 11.6 Å². The minimum atomic E-state index is -1.06. The molecule has 8 atom stereocenters. The van der Waals surface area contributed by atoms with Gasteiger partial charge in [0.1, 0.15) is 17.8 Å². The fraction of sp³-hybridized carbons (Fsp3) is 0.821. The van der Waals surface area contributed by atoms with E-state index >= 15 is 0 Å². The number of fused-ring (bicyclic) bond motifs is 3. The van der Waals surface area contributed by atoms with Gasteiger partial charge in [0.2, 0.25) is 0 Å². The molecule has 0 amide bonds. The third kappa shape index (κ3) is 4.08. The van der Waals surface area contributed by atoms with Crippen LogP contribution >= 0.6 is 0 Å². The molecule has 1 saturated carbocycles. The Morgan fingerprint density at radius 2 is 1.72 bits per heavy atom. The Morgan fingerprint density at radius 3 is 2.28 bits per heavy atom. The maximum absolute atomic E-state index is 12.5. The Bertz CT molecular complexity index is 957. The lowest BCUT2D eigenvalue weighted by atomic mass is 9.41. The molecule has 2 aliphatic heterocycles. The van der Waals surface area contributed by atoms with Crippen molar-refractivity contribution in [2.45, 2.75) is 111 Å².